The Balaban J connectivity index is 1.57. The number of carbonyl (C=O) groups excluding carboxylic acids is 1. The Morgan fingerprint density at radius 3 is 2.47 bits per heavy atom. The molecule has 0 aliphatic carbocycles. The van der Waals surface area contributed by atoms with Gasteiger partial charge in [0, 0.05) is 28.7 Å². The van der Waals surface area contributed by atoms with Crippen molar-refractivity contribution in [1.82, 2.24) is 4.90 Å². The molecule has 0 saturated carbocycles. The van der Waals surface area contributed by atoms with Crippen LogP contribution < -0.4 is 5.32 Å². The zero-order valence-electron chi connectivity index (χ0n) is 17.5. The van der Waals surface area contributed by atoms with Gasteiger partial charge >= 0.3 is 12.1 Å². The third kappa shape index (κ3) is 6.90. The van der Waals surface area contributed by atoms with E-state index in [1.807, 2.05) is 6.07 Å². The minimum atomic E-state index is -4.50. The predicted octanol–water partition coefficient (Wildman–Crippen LogP) is 6.28. The molecule has 0 unspecified atom stereocenters. The monoisotopic (exact) mass is 482 g/mol. The molecule has 1 fully saturated rings. The summed E-state index contributed by atoms with van der Waals surface area (Å²) in [4.78, 5) is 14.6. The van der Waals surface area contributed by atoms with Gasteiger partial charge in [-0.05, 0) is 74.2 Å². The van der Waals surface area contributed by atoms with Crippen molar-refractivity contribution in [2.24, 2.45) is 5.92 Å². The number of likely N-dealkylation sites (tertiary alicyclic amines) is 1. The number of rotatable bonds is 4. The number of nitrogens with one attached hydrogen (secondary N) is 1. The van der Waals surface area contributed by atoms with E-state index in [0.717, 1.165) is 55.7 Å². The number of hydrogen-bond donors (Lipinski definition) is 1. The van der Waals surface area contributed by atoms with Crippen molar-refractivity contribution >= 4 is 34.8 Å². The highest BCUT2D eigenvalue weighted by Crippen LogP contribution is 2.31. The van der Waals surface area contributed by atoms with Crippen LogP contribution in [0, 0.1) is 17.8 Å². The molecule has 0 aromatic heterocycles. The van der Waals surface area contributed by atoms with Crippen molar-refractivity contribution in [2.45, 2.75) is 32.4 Å². The van der Waals surface area contributed by atoms with Crippen LogP contribution in [0.3, 0.4) is 0 Å². The average molecular weight is 483 g/mol. The lowest BCUT2D eigenvalue weighted by Crippen LogP contribution is -2.34. The Bertz CT molecular complexity index is 1040. The molecule has 2 aromatic rings. The fourth-order valence-corrected chi connectivity index (χ4v) is 3.97. The van der Waals surface area contributed by atoms with Crippen molar-refractivity contribution in [3.05, 3.63) is 63.1 Å². The fourth-order valence-electron chi connectivity index (χ4n) is 3.47. The Morgan fingerprint density at radius 1 is 1.12 bits per heavy atom. The molecule has 32 heavy (non-hydrogen) atoms. The summed E-state index contributed by atoms with van der Waals surface area (Å²) in [6.45, 7) is 5.43. The first-order valence-corrected chi connectivity index (χ1v) is 11.1. The van der Waals surface area contributed by atoms with E-state index < -0.39 is 17.6 Å². The van der Waals surface area contributed by atoms with Gasteiger partial charge in [0.15, 0.2) is 0 Å². The zero-order valence-corrected chi connectivity index (χ0v) is 19.0. The first kappa shape index (κ1) is 24.4. The van der Waals surface area contributed by atoms with Crippen LogP contribution in [0.25, 0.3) is 0 Å². The number of halogens is 5. The molecule has 0 bridgehead atoms. The summed E-state index contributed by atoms with van der Waals surface area (Å²) < 4.78 is 38.1. The van der Waals surface area contributed by atoms with Crippen LogP contribution in [0.15, 0.2) is 36.4 Å². The van der Waals surface area contributed by atoms with Crippen LogP contribution in [0.4, 0.5) is 18.9 Å². The van der Waals surface area contributed by atoms with E-state index in [-0.39, 0.29) is 10.6 Å². The van der Waals surface area contributed by atoms with E-state index >= 15 is 0 Å². The SMILES string of the molecule is CC1CCN(CCc2ccc(NC(=O)C#Cc3ccc(C(F)(F)F)cc3Cl)cc2Cl)CC1. The van der Waals surface area contributed by atoms with Crippen LogP contribution in [0.1, 0.15) is 36.5 Å². The fraction of sp³-hybridized carbons (Fsp3) is 0.375. The van der Waals surface area contributed by atoms with Crippen LogP contribution >= 0.6 is 23.2 Å². The van der Waals surface area contributed by atoms with Crippen molar-refractivity contribution in [1.29, 1.82) is 0 Å². The molecule has 0 radical (unpaired) electrons. The van der Waals surface area contributed by atoms with Crippen molar-refractivity contribution in [2.75, 3.05) is 25.0 Å². The molecule has 170 valence electrons. The Kier molecular flexibility index (Phi) is 8.10. The molecular weight excluding hydrogens is 460 g/mol. The molecular formula is C24H23Cl2F3N2O. The van der Waals surface area contributed by atoms with Gasteiger partial charge in [-0.1, -0.05) is 42.1 Å². The van der Waals surface area contributed by atoms with Gasteiger partial charge in [0.05, 0.1) is 10.6 Å². The van der Waals surface area contributed by atoms with Gasteiger partial charge in [0.2, 0.25) is 0 Å². The van der Waals surface area contributed by atoms with Crippen molar-refractivity contribution in [3.8, 4) is 11.8 Å². The van der Waals surface area contributed by atoms with Crippen molar-refractivity contribution < 1.29 is 18.0 Å². The van der Waals surface area contributed by atoms with Gasteiger partial charge in [-0.2, -0.15) is 13.2 Å². The van der Waals surface area contributed by atoms with Crippen LogP contribution in [-0.4, -0.2) is 30.4 Å². The second-order valence-electron chi connectivity index (χ2n) is 7.98. The average Bonchev–Trinajstić information content (AvgIpc) is 2.73. The maximum absolute atomic E-state index is 12.7. The van der Waals surface area contributed by atoms with Gasteiger partial charge in [-0.15, -0.1) is 0 Å². The van der Waals surface area contributed by atoms with Gasteiger partial charge in [-0.3, -0.25) is 4.79 Å². The number of carbonyl (C=O) groups is 1. The number of amides is 1. The third-order valence-electron chi connectivity index (χ3n) is 5.49. The van der Waals surface area contributed by atoms with E-state index in [1.54, 1.807) is 12.1 Å². The minimum absolute atomic E-state index is 0.135. The molecule has 1 aliphatic rings. The van der Waals surface area contributed by atoms with Gasteiger partial charge in [-0.25, -0.2) is 0 Å². The molecule has 1 heterocycles. The van der Waals surface area contributed by atoms with E-state index in [9.17, 15) is 18.0 Å². The third-order valence-corrected chi connectivity index (χ3v) is 6.16. The van der Waals surface area contributed by atoms with E-state index in [4.69, 9.17) is 23.2 Å². The molecule has 2 aromatic carbocycles. The van der Waals surface area contributed by atoms with Crippen LogP contribution in [0.2, 0.25) is 10.0 Å². The molecule has 8 heteroatoms. The molecule has 1 aliphatic heterocycles. The molecule has 3 rings (SSSR count). The Morgan fingerprint density at radius 2 is 1.84 bits per heavy atom. The lowest BCUT2D eigenvalue weighted by atomic mass is 9.99. The van der Waals surface area contributed by atoms with E-state index in [1.165, 1.54) is 12.8 Å². The molecule has 0 atom stereocenters. The lowest BCUT2D eigenvalue weighted by Gasteiger charge is -2.30. The number of hydrogen-bond acceptors (Lipinski definition) is 2. The normalized spacial score (nSPS) is 15.2. The number of benzene rings is 2. The highest BCUT2D eigenvalue weighted by Gasteiger charge is 2.30. The summed E-state index contributed by atoms with van der Waals surface area (Å²) in [5.74, 6) is 5.00. The zero-order chi connectivity index (χ0) is 23.3. The number of anilines is 1. The topological polar surface area (TPSA) is 32.3 Å². The molecule has 3 nitrogen and oxygen atoms in total. The summed E-state index contributed by atoms with van der Waals surface area (Å²) in [5.41, 5.74) is 0.756. The first-order chi connectivity index (χ1) is 15.1. The lowest BCUT2D eigenvalue weighted by molar-refractivity contribution is -0.137. The summed E-state index contributed by atoms with van der Waals surface area (Å²) in [6.07, 6.45) is -1.23. The molecule has 1 amide bonds. The maximum Gasteiger partial charge on any atom is 0.416 e. The predicted molar refractivity (Wildman–Crippen MR) is 122 cm³/mol. The van der Waals surface area contributed by atoms with Crippen LogP contribution in [0.5, 0.6) is 0 Å². The van der Waals surface area contributed by atoms with Gasteiger partial charge < -0.3 is 10.2 Å². The molecule has 1 saturated heterocycles. The summed E-state index contributed by atoms with van der Waals surface area (Å²) in [5, 5.41) is 3.01. The van der Waals surface area contributed by atoms with Gasteiger partial charge in [0.1, 0.15) is 0 Å². The summed E-state index contributed by atoms with van der Waals surface area (Å²) in [6, 6.07) is 8.10. The van der Waals surface area contributed by atoms with E-state index in [0.29, 0.717) is 10.7 Å². The first-order valence-electron chi connectivity index (χ1n) is 10.3. The number of nitrogens with zero attached hydrogens (tertiary/aromatic N) is 1. The number of alkyl halides is 3. The summed E-state index contributed by atoms with van der Waals surface area (Å²) in [7, 11) is 0. The summed E-state index contributed by atoms with van der Waals surface area (Å²) >= 11 is 12.2. The molecule has 1 N–H and O–H groups in total. The molecule has 0 spiro atoms. The Hall–Kier alpha value is -2.20. The van der Waals surface area contributed by atoms with E-state index in [2.05, 4.69) is 29.0 Å². The standard InChI is InChI=1S/C24H23Cl2F3N2O/c1-16-8-11-31(12-9-16)13-10-18-3-6-20(15-22(18)26)30-23(32)7-4-17-2-5-19(14-21(17)25)24(27,28)29/h2-3,5-6,14-16H,8-13H2,1H3,(H,30,32). The smallest absolute Gasteiger partial charge is 0.315 e. The maximum atomic E-state index is 12.7. The number of piperidine rings is 1. The highest BCUT2D eigenvalue weighted by atomic mass is 35.5. The Labute approximate surface area is 195 Å². The van der Waals surface area contributed by atoms with Crippen molar-refractivity contribution in [3.63, 3.8) is 0 Å². The quantitative estimate of drug-likeness (QED) is 0.520. The highest BCUT2D eigenvalue weighted by molar-refractivity contribution is 6.32. The van der Waals surface area contributed by atoms with Crippen LogP contribution in [-0.2, 0) is 17.4 Å². The second-order valence-corrected chi connectivity index (χ2v) is 8.79. The second kappa shape index (κ2) is 10.6. The minimum Gasteiger partial charge on any atom is -0.315 e. The largest absolute Gasteiger partial charge is 0.416 e. The van der Waals surface area contributed by atoms with Gasteiger partial charge in [0.25, 0.3) is 0 Å².